The quantitative estimate of drug-likeness (QED) is 0.840. The van der Waals surface area contributed by atoms with Gasteiger partial charge in [-0.2, -0.15) is 0 Å². The van der Waals surface area contributed by atoms with Gasteiger partial charge in [-0.3, -0.25) is 4.79 Å². The van der Waals surface area contributed by atoms with Crippen LogP contribution in [-0.4, -0.2) is 28.8 Å². The fourth-order valence-electron chi connectivity index (χ4n) is 2.00. The van der Waals surface area contributed by atoms with Crippen LogP contribution in [0.15, 0.2) is 29.4 Å². The fraction of sp³-hybridized carbons (Fsp3) is 0.400. The van der Waals surface area contributed by atoms with Crippen LogP contribution in [0.1, 0.15) is 31.7 Å². The number of rotatable bonds is 6. The van der Waals surface area contributed by atoms with E-state index in [0.717, 1.165) is 19.3 Å². The van der Waals surface area contributed by atoms with Gasteiger partial charge in [-0.25, -0.2) is 4.79 Å². The maximum Gasteiger partial charge on any atom is 0.353 e. The van der Waals surface area contributed by atoms with Gasteiger partial charge >= 0.3 is 5.97 Å². The second kappa shape index (κ2) is 6.88. The Morgan fingerprint density at radius 2 is 2.10 bits per heavy atom. The number of benzene rings is 1. The molecule has 21 heavy (non-hydrogen) atoms. The van der Waals surface area contributed by atoms with Crippen molar-refractivity contribution in [2.75, 3.05) is 5.32 Å². The number of anilines is 1. The number of hydrogen-bond acceptors (Lipinski definition) is 4. The number of hydrogen-bond donors (Lipinski definition) is 2. The summed E-state index contributed by atoms with van der Waals surface area (Å²) < 4.78 is 0. The molecule has 0 bridgehead atoms. The Hall–Kier alpha value is -2.37. The first-order valence-corrected chi connectivity index (χ1v) is 6.96. The molecule has 1 amide bonds. The van der Waals surface area contributed by atoms with Crippen LogP contribution < -0.4 is 5.32 Å². The molecule has 6 heteroatoms. The average Bonchev–Trinajstić information content (AvgIpc) is 2.97. The second-order valence-electron chi connectivity index (χ2n) is 4.93. The Kier molecular flexibility index (Phi) is 4.92. The zero-order chi connectivity index (χ0) is 15.2. The van der Waals surface area contributed by atoms with Gasteiger partial charge < -0.3 is 15.3 Å². The number of carbonyl (C=O) groups is 2. The predicted octanol–water partition coefficient (Wildman–Crippen LogP) is 2.20. The average molecular weight is 290 g/mol. The number of aryl methyl sites for hydroxylation is 1. The lowest BCUT2D eigenvalue weighted by molar-refractivity contribution is -0.129. The molecule has 1 aromatic carbocycles. The Morgan fingerprint density at radius 3 is 2.67 bits per heavy atom. The van der Waals surface area contributed by atoms with Gasteiger partial charge in [0.15, 0.2) is 5.71 Å². The number of aliphatic carboxylic acids is 1. The van der Waals surface area contributed by atoms with E-state index in [4.69, 9.17) is 9.94 Å². The molecule has 1 heterocycles. The summed E-state index contributed by atoms with van der Waals surface area (Å²) in [7, 11) is 0. The SMILES string of the molecule is CCCCc1ccc(NC(=O)C2CC(C(=O)O)=NO2)cc1. The highest BCUT2D eigenvalue weighted by molar-refractivity contribution is 6.36. The smallest absolute Gasteiger partial charge is 0.353 e. The topological polar surface area (TPSA) is 88.0 Å². The Labute approximate surface area is 122 Å². The van der Waals surface area contributed by atoms with E-state index in [1.54, 1.807) is 0 Å². The van der Waals surface area contributed by atoms with E-state index in [0.29, 0.717) is 5.69 Å². The van der Waals surface area contributed by atoms with E-state index in [2.05, 4.69) is 17.4 Å². The minimum absolute atomic E-state index is 0.0181. The first-order chi connectivity index (χ1) is 10.1. The summed E-state index contributed by atoms with van der Waals surface area (Å²) >= 11 is 0. The Balaban J connectivity index is 1.87. The number of carboxylic acid groups (broad SMARTS) is 1. The highest BCUT2D eigenvalue weighted by Gasteiger charge is 2.31. The number of amides is 1. The van der Waals surface area contributed by atoms with E-state index in [1.807, 2.05) is 24.3 Å². The first kappa shape index (κ1) is 15.0. The van der Waals surface area contributed by atoms with Gasteiger partial charge in [-0.05, 0) is 30.5 Å². The molecule has 1 aliphatic rings. The van der Waals surface area contributed by atoms with E-state index in [-0.39, 0.29) is 12.1 Å². The number of nitrogens with one attached hydrogen (secondary N) is 1. The maximum absolute atomic E-state index is 11.9. The summed E-state index contributed by atoms with van der Waals surface area (Å²) in [6.07, 6.45) is 2.40. The minimum atomic E-state index is -1.16. The summed E-state index contributed by atoms with van der Waals surface area (Å²) in [4.78, 5) is 27.5. The monoisotopic (exact) mass is 290 g/mol. The van der Waals surface area contributed by atoms with Crippen LogP contribution in [0.25, 0.3) is 0 Å². The van der Waals surface area contributed by atoms with Crippen molar-refractivity contribution in [2.45, 2.75) is 38.7 Å². The third-order valence-corrected chi connectivity index (χ3v) is 3.25. The molecule has 0 aromatic heterocycles. The van der Waals surface area contributed by atoms with Crippen LogP contribution in [0.2, 0.25) is 0 Å². The second-order valence-corrected chi connectivity index (χ2v) is 4.93. The zero-order valence-electron chi connectivity index (χ0n) is 11.8. The van der Waals surface area contributed by atoms with Crippen molar-refractivity contribution in [3.8, 4) is 0 Å². The van der Waals surface area contributed by atoms with Crippen LogP contribution >= 0.6 is 0 Å². The minimum Gasteiger partial charge on any atom is -0.477 e. The first-order valence-electron chi connectivity index (χ1n) is 6.96. The standard InChI is InChI=1S/C15H18N2O4/c1-2-3-4-10-5-7-11(8-6-10)16-14(18)13-9-12(15(19)20)17-21-13/h5-8,13H,2-4,9H2,1H3,(H,16,18)(H,19,20). The van der Waals surface area contributed by atoms with Crippen molar-refractivity contribution in [2.24, 2.45) is 5.16 Å². The lowest BCUT2D eigenvalue weighted by Crippen LogP contribution is -2.28. The highest BCUT2D eigenvalue weighted by Crippen LogP contribution is 2.16. The molecule has 2 N–H and O–H groups in total. The molecule has 1 aliphatic heterocycles. The molecule has 0 saturated heterocycles. The predicted molar refractivity (Wildman–Crippen MR) is 78.2 cm³/mol. The molecule has 1 aromatic rings. The van der Waals surface area contributed by atoms with Gasteiger partial charge in [0, 0.05) is 12.1 Å². The Morgan fingerprint density at radius 1 is 1.38 bits per heavy atom. The van der Waals surface area contributed by atoms with Gasteiger partial charge in [0.25, 0.3) is 5.91 Å². The van der Waals surface area contributed by atoms with E-state index in [9.17, 15) is 9.59 Å². The number of carboxylic acids is 1. The molecule has 0 fully saturated rings. The summed E-state index contributed by atoms with van der Waals surface area (Å²) in [5, 5.41) is 14.8. The van der Waals surface area contributed by atoms with Gasteiger partial charge in [-0.15, -0.1) is 0 Å². The number of carbonyl (C=O) groups excluding carboxylic acids is 1. The molecule has 6 nitrogen and oxygen atoms in total. The molecule has 1 atom stereocenters. The van der Waals surface area contributed by atoms with E-state index < -0.39 is 18.0 Å². The maximum atomic E-state index is 11.9. The molecule has 112 valence electrons. The molecule has 0 aliphatic carbocycles. The molecular formula is C15H18N2O4. The van der Waals surface area contributed by atoms with Crippen molar-refractivity contribution < 1.29 is 19.5 Å². The van der Waals surface area contributed by atoms with Crippen LogP contribution in [0.4, 0.5) is 5.69 Å². The van der Waals surface area contributed by atoms with Gasteiger partial charge in [0.05, 0.1) is 0 Å². The largest absolute Gasteiger partial charge is 0.477 e. The lowest BCUT2D eigenvalue weighted by atomic mass is 10.1. The summed E-state index contributed by atoms with van der Waals surface area (Å²) in [5.74, 6) is -1.55. The summed E-state index contributed by atoms with van der Waals surface area (Å²) in [6, 6.07) is 7.60. The van der Waals surface area contributed by atoms with Crippen molar-refractivity contribution in [3.05, 3.63) is 29.8 Å². The van der Waals surface area contributed by atoms with Gasteiger partial charge in [0.1, 0.15) is 0 Å². The van der Waals surface area contributed by atoms with Crippen LogP contribution in [0.5, 0.6) is 0 Å². The number of oxime groups is 1. The molecule has 0 radical (unpaired) electrons. The molecule has 1 unspecified atom stereocenters. The van der Waals surface area contributed by atoms with Crippen LogP contribution in [0.3, 0.4) is 0 Å². The molecular weight excluding hydrogens is 272 g/mol. The number of nitrogens with zero attached hydrogens (tertiary/aromatic N) is 1. The van der Waals surface area contributed by atoms with Crippen molar-refractivity contribution in [1.29, 1.82) is 0 Å². The van der Waals surface area contributed by atoms with Crippen LogP contribution in [0, 0.1) is 0 Å². The van der Waals surface area contributed by atoms with Gasteiger partial charge in [0.2, 0.25) is 6.10 Å². The normalized spacial score (nSPS) is 17.0. The van der Waals surface area contributed by atoms with Crippen molar-refractivity contribution in [1.82, 2.24) is 0 Å². The van der Waals surface area contributed by atoms with E-state index >= 15 is 0 Å². The zero-order valence-corrected chi connectivity index (χ0v) is 11.8. The Bertz CT molecular complexity index is 551. The van der Waals surface area contributed by atoms with Gasteiger partial charge in [-0.1, -0.05) is 30.6 Å². The third kappa shape index (κ3) is 4.05. The molecule has 0 spiro atoms. The third-order valence-electron chi connectivity index (χ3n) is 3.25. The van der Waals surface area contributed by atoms with Crippen LogP contribution in [-0.2, 0) is 20.8 Å². The summed E-state index contributed by atoms with van der Waals surface area (Å²) in [6.45, 7) is 2.14. The van der Waals surface area contributed by atoms with E-state index in [1.165, 1.54) is 5.56 Å². The number of unbranched alkanes of at least 4 members (excludes halogenated alkanes) is 1. The highest BCUT2D eigenvalue weighted by atomic mass is 16.6. The fourth-order valence-corrected chi connectivity index (χ4v) is 2.00. The molecule has 2 rings (SSSR count). The summed E-state index contributed by atoms with van der Waals surface area (Å²) in [5.41, 5.74) is 1.75. The van der Waals surface area contributed by atoms with Crippen molar-refractivity contribution in [3.63, 3.8) is 0 Å². The lowest BCUT2D eigenvalue weighted by Gasteiger charge is -2.10. The molecule has 0 saturated carbocycles. The van der Waals surface area contributed by atoms with Crippen molar-refractivity contribution >= 4 is 23.3 Å².